The summed E-state index contributed by atoms with van der Waals surface area (Å²) in [6, 6.07) is -1.67. The van der Waals surface area contributed by atoms with E-state index in [0.717, 1.165) is 13.1 Å². The maximum absolute atomic E-state index is 11.9. The first-order valence-electron chi connectivity index (χ1n) is 6.97. The monoisotopic (exact) mass is 300 g/mol. The van der Waals surface area contributed by atoms with Crippen LogP contribution in [0.4, 0.5) is 4.79 Å². The lowest BCUT2D eigenvalue weighted by Crippen LogP contribution is -2.54. The number of piperazine rings is 1. The summed E-state index contributed by atoms with van der Waals surface area (Å²) >= 11 is 0. The van der Waals surface area contributed by atoms with E-state index < -0.39 is 23.5 Å². The lowest BCUT2D eigenvalue weighted by atomic mass is 9.87. The molecule has 0 radical (unpaired) electrons. The summed E-state index contributed by atoms with van der Waals surface area (Å²) in [4.78, 5) is 36.4. The molecule has 0 spiro atoms. The van der Waals surface area contributed by atoms with Gasteiger partial charge in [0.1, 0.15) is 6.04 Å². The number of carboxylic acids is 1. The van der Waals surface area contributed by atoms with Gasteiger partial charge < -0.3 is 26.0 Å². The molecule has 0 aromatic heterocycles. The first kappa shape index (κ1) is 17.2. The minimum absolute atomic E-state index is 0.137. The SMILES string of the molecule is CC(C)(C)[C@H](NC(=O)NCC(=O)N1CCNCC1)C(=O)O. The molecule has 4 N–H and O–H groups in total. The van der Waals surface area contributed by atoms with Gasteiger partial charge in [0.15, 0.2) is 0 Å². The van der Waals surface area contributed by atoms with Crippen molar-refractivity contribution in [1.82, 2.24) is 20.9 Å². The summed E-state index contributed by atoms with van der Waals surface area (Å²) in [6.45, 7) is 7.73. The van der Waals surface area contributed by atoms with Gasteiger partial charge in [-0.1, -0.05) is 20.8 Å². The van der Waals surface area contributed by atoms with Gasteiger partial charge in [-0.05, 0) is 5.41 Å². The molecule has 1 atom stereocenters. The largest absolute Gasteiger partial charge is 0.480 e. The minimum atomic E-state index is -1.11. The number of hydrogen-bond donors (Lipinski definition) is 4. The van der Waals surface area contributed by atoms with E-state index in [9.17, 15) is 14.4 Å². The summed E-state index contributed by atoms with van der Waals surface area (Å²) in [6.07, 6.45) is 0. The van der Waals surface area contributed by atoms with Gasteiger partial charge in [0, 0.05) is 26.2 Å². The molecule has 8 heteroatoms. The van der Waals surface area contributed by atoms with Gasteiger partial charge in [0.25, 0.3) is 0 Å². The van der Waals surface area contributed by atoms with Gasteiger partial charge in [-0.3, -0.25) is 4.79 Å². The Labute approximate surface area is 124 Å². The number of carbonyl (C=O) groups excluding carboxylic acids is 2. The molecule has 21 heavy (non-hydrogen) atoms. The molecule has 1 rings (SSSR count). The Morgan fingerprint density at radius 2 is 1.81 bits per heavy atom. The highest BCUT2D eigenvalue weighted by atomic mass is 16.4. The Balaban J connectivity index is 2.42. The first-order valence-corrected chi connectivity index (χ1v) is 6.97. The van der Waals surface area contributed by atoms with E-state index in [2.05, 4.69) is 16.0 Å². The van der Waals surface area contributed by atoms with Crippen LogP contribution in [0.1, 0.15) is 20.8 Å². The smallest absolute Gasteiger partial charge is 0.326 e. The molecule has 1 fully saturated rings. The number of hydrogen-bond acceptors (Lipinski definition) is 4. The molecule has 1 heterocycles. The number of nitrogens with one attached hydrogen (secondary N) is 3. The second kappa shape index (κ2) is 7.26. The molecule has 1 aliphatic rings. The highest BCUT2D eigenvalue weighted by molar-refractivity contribution is 5.87. The van der Waals surface area contributed by atoms with Crippen molar-refractivity contribution in [3.8, 4) is 0 Å². The molecule has 0 aromatic carbocycles. The van der Waals surface area contributed by atoms with Crippen LogP contribution < -0.4 is 16.0 Å². The number of carbonyl (C=O) groups is 3. The van der Waals surface area contributed by atoms with Crippen LogP contribution in [-0.2, 0) is 9.59 Å². The van der Waals surface area contributed by atoms with Crippen LogP contribution in [-0.4, -0.2) is 66.7 Å². The number of rotatable bonds is 4. The summed E-state index contributed by atoms with van der Waals surface area (Å²) in [5, 5.41) is 17.0. The van der Waals surface area contributed by atoms with Crippen molar-refractivity contribution in [1.29, 1.82) is 0 Å². The van der Waals surface area contributed by atoms with E-state index >= 15 is 0 Å². The lowest BCUT2D eigenvalue weighted by Gasteiger charge is -2.29. The van der Waals surface area contributed by atoms with Crippen molar-refractivity contribution in [2.24, 2.45) is 5.41 Å². The van der Waals surface area contributed by atoms with Crippen molar-refractivity contribution in [3.05, 3.63) is 0 Å². The third-order valence-corrected chi connectivity index (χ3v) is 3.26. The molecular weight excluding hydrogens is 276 g/mol. The van der Waals surface area contributed by atoms with Crippen molar-refractivity contribution in [3.63, 3.8) is 0 Å². The molecule has 8 nitrogen and oxygen atoms in total. The number of aliphatic carboxylic acids is 1. The van der Waals surface area contributed by atoms with Gasteiger partial charge >= 0.3 is 12.0 Å². The second-order valence-electron chi connectivity index (χ2n) is 6.10. The van der Waals surface area contributed by atoms with Crippen LogP contribution in [0, 0.1) is 5.41 Å². The molecule has 0 aliphatic carbocycles. The van der Waals surface area contributed by atoms with E-state index in [0.29, 0.717) is 13.1 Å². The van der Waals surface area contributed by atoms with Crippen LogP contribution >= 0.6 is 0 Å². The fraction of sp³-hybridized carbons (Fsp3) is 0.769. The standard InChI is InChI=1S/C13H24N4O4/c1-13(2,3)10(11(19)20)16-12(21)15-8-9(18)17-6-4-14-5-7-17/h10,14H,4-8H2,1-3H3,(H,19,20)(H2,15,16,21)/t10-/m1/s1. The highest BCUT2D eigenvalue weighted by Gasteiger charge is 2.32. The van der Waals surface area contributed by atoms with Gasteiger partial charge in [0.05, 0.1) is 6.54 Å². The van der Waals surface area contributed by atoms with Crippen molar-refractivity contribution < 1.29 is 19.5 Å². The summed E-state index contributed by atoms with van der Waals surface area (Å²) < 4.78 is 0. The van der Waals surface area contributed by atoms with Crippen LogP contribution in [0.3, 0.4) is 0 Å². The Bertz CT molecular complexity index is 399. The second-order valence-corrected chi connectivity index (χ2v) is 6.10. The molecule has 1 aliphatic heterocycles. The van der Waals surface area contributed by atoms with Crippen LogP contribution in [0.2, 0.25) is 0 Å². The normalized spacial score (nSPS) is 17.0. The zero-order chi connectivity index (χ0) is 16.0. The number of carboxylic acid groups (broad SMARTS) is 1. The fourth-order valence-electron chi connectivity index (χ4n) is 2.01. The van der Waals surface area contributed by atoms with E-state index in [1.807, 2.05) is 0 Å². The molecule has 0 unspecified atom stereocenters. The topological polar surface area (TPSA) is 111 Å². The van der Waals surface area contributed by atoms with Crippen LogP contribution in [0.15, 0.2) is 0 Å². The average Bonchev–Trinajstić information content (AvgIpc) is 2.41. The van der Waals surface area contributed by atoms with Gasteiger partial charge in [0.2, 0.25) is 5.91 Å². The lowest BCUT2D eigenvalue weighted by molar-refractivity contribution is -0.141. The number of amides is 3. The number of urea groups is 1. The maximum atomic E-state index is 11.9. The quantitative estimate of drug-likeness (QED) is 0.544. The summed E-state index contributed by atoms with van der Waals surface area (Å²) in [7, 11) is 0. The highest BCUT2D eigenvalue weighted by Crippen LogP contribution is 2.19. The first-order chi connectivity index (χ1) is 9.71. The van der Waals surface area contributed by atoms with Gasteiger partial charge in [-0.15, -0.1) is 0 Å². The van der Waals surface area contributed by atoms with E-state index in [1.165, 1.54) is 0 Å². The maximum Gasteiger partial charge on any atom is 0.326 e. The Hall–Kier alpha value is -1.83. The predicted octanol–water partition coefficient (Wildman–Crippen LogP) is -0.783. The third-order valence-electron chi connectivity index (χ3n) is 3.26. The molecule has 0 aromatic rings. The van der Waals surface area contributed by atoms with Crippen molar-refractivity contribution in [2.45, 2.75) is 26.8 Å². The Morgan fingerprint density at radius 3 is 2.29 bits per heavy atom. The van der Waals surface area contributed by atoms with Gasteiger partial charge in [-0.2, -0.15) is 0 Å². The predicted molar refractivity (Wildman–Crippen MR) is 76.9 cm³/mol. The molecule has 0 bridgehead atoms. The summed E-state index contributed by atoms with van der Waals surface area (Å²) in [5.41, 5.74) is -0.619. The van der Waals surface area contributed by atoms with Crippen molar-refractivity contribution >= 4 is 17.9 Å². The molecule has 1 saturated heterocycles. The molecular formula is C13H24N4O4. The van der Waals surface area contributed by atoms with Crippen molar-refractivity contribution in [2.75, 3.05) is 32.7 Å². The molecule has 0 saturated carbocycles. The minimum Gasteiger partial charge on any atom is -0.480 e. The zero-order valence-electron chi connectivity index (χ0n) is 12.7. The van der Waals surface area contributed by atoms with E-state index in [4.69, 9.17) is 5.11 Å². The summed E-state index contributed by atoms with van der Waals surface area (Å²) in [5.74, 6) is -1.28. The number of nitrogens with zero attached hydrogens (tertiary/aromatic N) is 1. The average molecular weight is 300 g/mol. The van der Waals surface area contributed by atoms with Crippen LogP contribution in [0.5, 0.6) is 0 Å². The fourth-order valence-corrected chi connectivity index (χ4v) is 2.01. The Morgan fingerprint density at radius 1 is 1.24 bits per heavy atom. The molecule has 3 amide bonds. The van der Waals surface area contributed by atoms with E-state index in [1.54, 1.807) is 25.7 Å². The Kier molecular flexibility index (Phi) is 5.95. The van der Waals surface area contributed by atoms with E-state index in [-0.39, 0.29) is 12.5 Å². The molecule has 120 valence electrons. The van der Waals surface area contributed by atoms with Gasteiger partial charge in [-0.25, -0.2) is 9.59 Å². The zero-order valence-corrected chi connectivity index (χ0v) is 12.7. The third kappa shape index (κ3) is 5.58. The van der Waals surface area contributed by atoms with Crippen LogP contribution in [0.25, 0.3) is 0 Å².